The average molecular weight is 372 g/mol. The van der Waals surface area contributed by atoms with E-state index in [1.54, 1.807) is 19.1 Å². The summed E-state index contributed by atoms with van der Waals surface area (Å²) in [5.74, 6) is -1.55. The maximum absolute atomic E-state index is 14.2. The molecule has 0 radical (unpaired) electrons. The van der Waals surface area contributed by atoms with Crippen LogP contribution in [0.2, 0.25) is 0 Å². The maximum Gasteiger partial charge on any atom is 0.360 e. The minimum Gasteiger partial charge on any atom is -0.461 e. The van der Waals surface area contributed by atoms with Gasteiger partial charge in [0.2, 0.25) is 0 Å². The van der Waals surface area contributed by atoms with Crippen molar-refractivity contribution in [2.45, 2.75) is 6.92 Å². The Hall–Kier alpha value is -1.57. The van der Waals surface area contributed by atoms with Crippen molar-refractivity contribution in [3.8, 4) is 11.3 Å². The lowest BCUT2D eigenvalue weighted by Crippen LogP contribution is -2.11. The van der Waals surface area contributed by atoms with Crippen LogP contribution >= 0.6 is 22.6 Å². The van der Waals surface area contributed by atoms with Crippen LogP contribution in [0.1, 0.15) is 17.4 Å². The Morgan fingerprint density at radius 3 is 2.63 bits per heavy atom. The molecule has 2 aromatic rings. The number of ether oxygens (including phenoxy) is 1. The lowest BCUT2D eigenvalue weighted by molar-refractivity contribution is 0.0513. The molecule has 1 aromatic heterocycles. The molecule has 0 atom stereocenters. The smallest absolute Gasteiger partial charge is 0.360 e. The standard InChI is InChI=1S/C13H10FIN2O2/c1-2-19-13(18)12-10(14)11(16-7-17-12)8-3-5-9(15)6-4-8/h3-7H,2H2,1H3. The first kappa shape index (κ1) is 13.9. The Kier molecular flexibility index (Phi) is 4.41. The van der Waals surface area contributed by atoms with Crippen LogP contribution in [0.25, 0.3) is 11.3 Å². The normalized spacial score (nSPS) is 10.3. The van der Waals surface area contributed by atoms with Crippen molar-refractivity contribution < 1.29 is 13.9 Å². The fourth-order valence-corrected chi connectivity index (χ4v) is 1.88. The molecule has 0 fully saturated rings. The topological polar surface area (TPSA) is 52.1 Å². The van der Waals surface area contributed by atoms with E-state index in [1.165, 1.54) is 0 Å². The number of carbonyl (C=O) groups excluding carboxylic acids is 1. The molecular formula is C13H10FIN2O2. The summed E-state index contributed by atoms with van der Waals surface area (Å²) in [6.45, 7) is 1.82. The van der Waals surface area contributed by atoms with Gasteiger partial charge in [-0.3, -0.25) is 0 Å². The van der Waals surface area contributed by atoms with Gasteiger partial charge in [-0.05, 0) is 41.6 Å². The van der Waals surface area contributed by atoms with E-state index >= 15 is 0 Å². The van der Waals surface area contributed by atoms with Crippen LogP contribution in [0.3, 0.4) is 0 Å². The molecule has 0 unspecified atom stereocenters. The second-order valence-electron chi connectivity index (χ2n) is 3.61. The van der Waals surface area contributed by atoms with Crippen molar-refractivity contribution in [1.82, 2.24) is 9.97 Å². The van der Waals surface area contributed by atoms with E-state index in [2.05, 4.69) is 32.6 Å². The van der Waals surface area contributed by atoms with Crippen molar-refractivity contribution >= 4 is 28.6 Å². The third-order valence-electron chi connectivity index (χ3n) is 2.38. The number of rotatable bonds is 3. The maximum atomic E-state index is 14.2. The second kappa shape index (κ2) is 6.05. The van der Waals surface area contributed by atoms with Gasteiger partial charge in [0.05, 0.1) is 6.61 Å². The Bertz CT molecular complexity index is 602. The molecule has 0 bridgehead atoms. The number of halogens is 2. The number of hydrogen-bond acceptors (Lipinski definition) is 4. The molecule has 1 aromatic carbocycles. The zero-order valence-corrected chi connectivity index (χ0v) is 12.2. The van der Waals surface area contributed by atoms with Crippen LogP contribution in [0.5, 0.6) is 0 Å². The van der Waals surface area contributed by atoms with E-state index in [1.807, 2.05) is 12.1 Å². The summed E-state index contributed by atoms with van der Waals surface area (Å²) in [4.78, 5) is 19.1. The van der Waals surface area contributed by atoms with Gasteiger partial charge in [0.1, 0.15) is 12.0 Å². The van der Waals surface area contributed by atoms with Crippen LogP contribution in [0.15, 0.2) is 30.6 Å². The quantitative estimate of drug-likeness (QED) is 0.614. The lowest BCUT2D eigenvalue weighted by Gasteiger charge is -2.06. The number of nitrogens with zero attached hydrogens (tertiary/aromatic N) is 2. The Balaban J connectivity index is 2.45. The summed E-state index contributed by atoms with van der Waals surface area (Å²) < 4.78 is 20.0. The zero-order valence-electron chi connectivity index (χ0n) is 10.1. The average Bonchev–Trinajstić information content (AvgIpc) is 2.40. The SMILES string of the molecule is CCOC(=O)c1ncnc(-c2ccc(I)cc2)c1F. The van der Waals surface area contributed by atoms with Crippen molar-refractivity contribution in [3.05, 3.63) is 45.7 Å². The molecule has 1 heterocycles. The first-order chi connectivity index (χ1) is 9.13. The molecule has 2 rings (SSSR count). The summed E-state index contributed by atoms with van der Waals surface area (Å²) in [5.41, 5.74) is 0.339. The van der Waals surface area contributed by atoms with Crippen molar-refractivity contribution in [1.29, 1.82) is 0 Å². The molecule has 0 spiro atoms. The van der Waals surface area contributed by atoms with Gasteiger partial charge in [-0.25, -0.2) is 19.2 Å². The molecule has 0 saturated carbocycles. The summed E-state index contributed by atoms with van der Waals surface area (Å²) in [5, 5.41) is 0. The Morgan fingerprint density at radius 1 is 1.32 bits per heavy atom. The van der Waals surface area contributed by atoms with E-state index < -0.39 is 11.8 Å². The first-order valence-electron chi connectivity index (χ1n) is 5.57. The minimum absolute atomic E-state index is 0.0921. The van der Waals surface area contributed by atoms with Crippen molar-refractivity contribution in [2.24, 2.45) is 0 Å². The number of carbonyl (C=O) groups is 1. The van der Waals surface area contributed by atoms with Crippen LogP contribution in [-0.2, 0) is 4.74 Å². The molecule has 0 aliphatic rings. The molecule has 6 heteroatoms. The monoisotopic (exact) mass is 372 g/mol. The summed E-state index contributed by atoms with van der Waals surface area (Å²) in [6, 6.07) is 7.15. The Morgan fingerprint density at radius 2 is 2.00 bits per heavy atom. The lowest BCUT2D eigenvalue weighted by atomic mass is 10.1. The molecule has 19 heavy (non-hydrogen) atoms. The molecule has 0 aliphatic heterocycles. The van der Waals surface area contributed by atoms with Crippen molar-refractivity contribution in [2.75, 3.05) is 6.61 Å². The summed E-state index contributed by atoms with van der Waals surface area (Å²) >= 11 is 2.15. The first-order valence-corrected chi connectivity index (χ1v) is 6.65. The predicted molar refractivity (Wildman–Crippen MR) is 76.1 cm³/mol. The number of benzene rings is 1. The van der Waals surface area contributed by atoms with Crippen LogP contribution in [0, 0.1) is 9.39 Å². The van der Waals surface area contributed by atoms with Crippen LogP contribution < -0.4 is 0 Å². The molecule has 4 nitrogen and oxygen atoms in total. The fraction of sp³-hybridized carbons (Fsp3) is 0.154. The van der Waals surface area contributed by atoms with Crippen LogP contribution in [-0.4, -0.2) is 22.5 Å². The molecule has 0 amide bonds. The number of esters is 1. The molecular weight excluding hydrogens is 362 g/mol. The molecule has 0 saturated heterocycles. The van der Waals surface area contributed by atoms with Gasteiger partial charge in [0.25, 0.3) is 0 Å². The molecule has 98 valence electrons. The molecule has 0 N–H and O–H groups in total. The van der Waals surface area contributed by atoms with Crippen molar-refractivity contribution in [3.63, 3.8) is 0 Å². The van der Waals surface area contributed by atoms with Gasteiger partial charge in [0, 0.05) is 9.13 Å². The highest BCUT2D eigenvalue weighted by molar-refractivity contribution is 14.1. The van der Waals surface area contributed by atoms with Gasteiger partial charge < -0.3 is 4.74 Å². The summed E-state index contributed by atoms with van der Waals surface area (Å²) in [7, 11) is 0. The number of hydrogen-bond donors (Lipinski definition) is 0. The van der Waals surface area contributed by atoms with Gasteiger partial charge in [0.15, 0.2) is 11.5 Å². The third-order valence-corrected chi connectivity index (χ3v) is 3.10. The minimum atomic E-state index is -0.783. The third kappa shape index (κ3) is 3.06. The van der Waals surface area contributed by atoms with E-state index in [0.717, 1.165) is 9.90 Å². The van der Waals surface area contributed by atoms with Gasteiger partial charge in [-0.15, -0.1) is 0 Å². The largest absolute Gasteiger partial charge is 0.461 e. The van der Waals surface area contributed by atoms with Crippen LogP contribution in [0.4, 0.5) is 4.39 Å². The highest BCUT2D eigenvalue weighted by Gasteiger charge is 2.19. The second-order valence-corrected chi connectivity index (χ2v) is 4.86. The van der Waals surface area contributed by atoms with Gasteiger partial charge in [-0.2, -0.15) is 0 Å². The van der Waals surface area contributed by atoms with E-state index in [9.17, 15) is 9.18 Å². The Labute approximate surface area is 123 Å². The zero-order chi connectivity index (χ0) is 13.8. The highest BCUT2D eigenvalue weighted by Crippen LogP contribution is 2.22. The van der Waals surface area contributed by atoms with Gasteiger partial charge >= 0.3 is 5.97 Å². The fourth-order valence-electron chi connectivity index (χ4n) is 1.52. The van der Waals surface area contributed by atoms with Gasteiger partial charge in [-0.1, -0.05) is 12.1 Å². The summed E-state index contributed by atoms with van der Waals surface area (Å²) in [6.07, 6.45) is 1.16. The van der Waals surface area contributed by atoms with E-state index in [4.69, 9.17) is 4.74 Å². The molecule has 0 aliphatic carbocycles. The number of aromatic nitrogens is 2. The van der Waals surface area contributed by atoms with E-state index in [0.29, 0.717) is 5.56 Å². The highest BCUT2D eigenvalue weighted by atomic mass is 127. The van der Waals surface area contributed by atoms with E-state index in [-0.39, 0.29) is 18.0 Å². The predicted octanol–water partition coefficient (Wildman–Crippen LogP) is 3.06.